The molecule has 0 radical (unpaired) electrons. The SMILES string of the molecule is COC(=O)c1ccc(NC(=O)N2C[C@@H]3C[C@](C)(O)C[C@@H]3C2)cc1. The van der Waals surface area contributed by atoms with Gasteiger partial charge in [0.25, 0.3) is 0 Å². The van der Waals surface area contributed by atoms with Crippen LogP contribution in [0.15, 0.2) is 24.3 Å². The largest absolute Gasteiger partial charge is 0.465 e. The van der Waals surface area contributed by atoms with Crippen molar-refractivity contribution in [3.63, 3.8) is 0 Å². The number of amides is 2. The average Bonchev–Trinajstić information content (AvgIpc) is 3.00. The zero-order valence-electron chi connectivity index (χ0n) is 13.4. The van der Waals surface area contributed by atoms with Crippen LogP contribution in [0.25, 0.3) is 0 Å². The zero-order valence-corrected chi connectivity index (χ0v) is 13.4. The molecule has 0 spiro atoms. The van der Waals surface area contributed by atoms with Crippen molar-refractivity contribution in [2.24, 2.45) is 11.8 Å². The lowest BCUT2D eigenvalue weighted by molar-refractivity contribution is 0.0558. The molecule has 1 aliphatic carbocycles. The monoisotopic (exact) mass is 318 g/mol. The quantitative estimate of drug-likeness (QED) is 0.819. The second kappa shape index (κ2) is 5.85. The first-order chi connectivity index (χ1) is 10.9. The maximum atomic E-state index is 12.3. The number of urea groups is 1. The molecular formula is C17H22N2O4. The molecule has 1 aliphatic heterocycles. The second-order valence-corrected chi connectivity index (χ2v) is 6.83. The molecule has 3 rings (SSSR count). The predicted molar refractivity (Wildman–Crippen MR) is 85.2 cm³/mol. The van der Waals surface area contributed by atoms with Gasteiger partial charge in [-0.1, -0.05) is 0 Å². The van der Waals surface area contributed by atoms with Gasteiger partial charge in [0.05, 0.1) is 18.3 Å². The van der Waals surface area contributed by atoms with E-state index in [9.17, 15) is 14.7 Å². The van der Waals surface area contributed by atoms with E-state index >= 15 is 0 Å². The summed E-state index contributed by atoms with van der Waals surface area (Å²) in [5.74, 6) is 0.372. The van der Waals surface area contributed by atoms with Gasteiger partial charge in [-0.3, -0.25) is 0 Å². The van der Waals surface area contributed by atoms with Gasteiger partial charge >= 0.3 is 12.0 Å². The zero-order chi connectivity index (χ0) is 16.6. The molecule has 3 atom stereocenters. The molecule has 2 aliphatic rings. The van der Waals surface area contributed by atoms with Crippen LogP contribution in [-0.2, 0) is 4.74 Å². The molecule has 6 nitrogen and oxygen atoms in total. The molecule has 2 N–H and O–H groups in total. The Hall–Kier alpha value is -2.08. The number of nitrogens with zero attached hydrogens (tertiary/aromatic N) is 1. The molecule has 124 valence electrons. The molecule has 1 saturated heterocycles. The number of nitrogens with one attached hydrogen (secondary N) is 1. The number of fused-ring (bicyclic) bond motifs is 1. The van der Waals surface area contributed by atoms with Crippen LogP contribution >= 0.6 is 0 Å². The van der Waals surface area contributed by atoms with Crippen molar-refractivity contribution in [3.8, 4) is 0 Å². The highest BCUT2D eigenvalue weighted by Gasteiger charge is 2.46. The van der Waals surface area contributed by atoms with Gasteiger partial charge in [-0.05, 0) is 55.9 Å². The first-order valence-electron chi connectivity index (χ1n) is 7.85. The van der Waals surface area contributed by atoms with Crippen LogP contribution in [0, 0.1) is 11.8 Å². The highest BCUT2D eigenvalue weighted by Crippen LogP contribution is 2.43. The lowest BCUT2D eigenvalue weighted by Gasteiger charge is -2.22. The Morgan fingerprint density at radius 1 is 1.22 bits per heavy atom. The Bertz CT molecular complexity index is 596. The highest BCUT2D eigenvalue weighted by molar-refractivity contribution is 5.92. The number of esters is 1. The van der Waals surface area contributed by atoms with Gasteiger partial charge in [-0.15, -0.1) is 0 Å². The molecule has 1 aromatic carbocycles. The van der Waals surface area contributed by atoms with Crippen LogP contribution in [0.3, 0.4) is 0 Å². The van der Waals surface area contributed by atoms with Crippen LogP contribution in [0.2, 0.25) is 0 Å². The first kappa shape index (κ1) is 15.8. The summed E-state index contributed by atoms with van der Waals surface area (Å²) >= 11 is 0. The highest BCUT2D eigenvalue weighted by atomic mass is 16.5. The fraction of sp³-hybridized carbons (Fsp3) is 0.529. The minimum absolute atomic E-state index is 0.134. The number of hydrogen-bond acceptors (Lipinski definition) is 4. The lowest BCUT2D eigenvalue weighted by Crippen LogP contribution is -2.35. The number of benzene rings is 1. The molecule has 0 aromatic heterocycles. The van der Waals surface area contributed by atoms with Crippen molar-refractivity contribution in [2.45, 2.75) is 25.4 Å². The van der Waals surface area contributed by atoms with Crippen molar-refractivity contribution < 1.29 is 19.4 Å². The molecule has 0 unspecified atom stereocenters. The molecular weight excluding hydrogens is 296 g/mol. The molecule has 6 heteroatoms. The normalized spacial score (nSPS) is 29.3. The van der Waals surface area contributed by atoms with E-state index in [1.807, 2.05) is 6.92 Å². The fourth-order valence-electron chi connectivity index (χ4n) is 3.79. The van der Waals surface area contributed by atoms with Crippen LogP contribution in [0.5, 0.6) is 0 Å². The first-order valence-corrected chi connectivity index (χ1v) is 7.85. The van der Waals surface area contributed by atoms with E-state index in [2.05, 4.69) is 10.1 Å². The molecule has 1 heterocycles. The third-order valence-electron chi connectivity index (χ3n) is 4.82. The standard InChI is InChI=1S/C17H22N2O4/c1-17(22)7-12-9-19(10-13(12)8-17)16(21)18-14-5-3-11(4-6-14)15(20)23-2/h3-6,12-13,22H,7-10H2,1-2H3,(H,18,21)/t12-,13+,17-. The number of likely N-dealkylation sites (tertiary alicyclic amines) is 1. The smallest absolute Gasteiger partial charge is 0.337 e. The lowest BCUT2D eigenvalue weighted by atomic mass is 10.0. The van der Waals surface area contributed by atoms with Crippen molar-refractivity contribution >= 4 is 17.7 Å². The topological polar surface area (TPSA) is 78.9 Å². The van der Waals surface area contributed by atoms with Gasteiger partial charge in [0.1, 0.15) is 0 Å². The Morgan fingerprint density at radius 3 is 2.30 bits per heavy atom. The third kappa shape index (κ3) is 3.32. The van der Waals surface area contributed by atoms with E-state index in [1.54, 1.807) is 29.2 Å². The van der Waals surface area contributed by atoms with Gasteiger partial charge in [0.15, 0.2) is 0 Å². The summed E-state index contributed by atoms with van der Waals surface area (Å²) in [6, 6.07) is 6.48. The van der Waals surface area contributed by atoms with Crippen molar-refractivity contribution in [3.05, 3.63) is 29.8 Å². The predicted octanol–water partition coefficient (Wildman–Crippen LogP) is 2.10. The summed E-state index contributed by atoms with van der Waals surface area (Å²) in [6.07, 6.45) is 1.52. The maximum Gasteiger partial charge on any atom is 0.337 e. The summed E-state index contributed by atoms with van der Waals surface area (Å²) in [5, 5.41) is 12.9. The maximum absolute atomic E-state index is 12.3. The van der Waals surface area contributed by atoms with Crippen molar-refractivity contribution in [1.82, 2.24) is 4.90 Å². The van der Waals surface area contributed by atoms with Crippen LogP contribution in [-0.4, -0.2) is 47.8 Å². The van der Waals surface area contributed by atoms with Gasteiger partial charge < -0.3 is 20.1 Å². The van der Waals surface area contributed by atoms with E-state index in [0.717, 1.165) is 12.8 Å². The number of hydrogen-bond donors (Lipinski definition) is 2. The number of carbonyl (C=O) groups is 2. The minimum Gasteiger partial charge on any atom is -0.465 e. The number of anilines is 1. The summed E-state index contributed by atoms with van der Waals surface area (Å²) in [6.45, 7) is 3.25. The molecule has 1 aromatic rings. The van der Waals surface area contributed by atoms with Crippen LogP contribution in [0.1, 0.15) is 30.1 Å². The van der Waals surface area contributed by atoms with E-state index in [0.29, 0.717) is 36.2 Å². The second-order valence-electron chi connectivity index (χ2n) is 6.83. The average molecular weight is 318 g/mol. The molecule has 2 fully saturated rings. The number of carbonyl (C=O) groups excluding carboxylic acids is 2. The summed E-state index contributed by atoms with van der Waals surface area (Å²) in [7, 11) is 1.33. The van der Waals surface area contributed by atoms with Crippen molar-refractivity contribution in [2.75, 3.05) is 25.5 Å². The number of methoxy groups -OCH3 is 1. The third-order valence-corrected chi connectivity index (χ3v) is 4.82. The van der Waals surface area contributed by atoms with Gasteiger partial charge in [0.2, 0.25) is 0 Å². The molecule has 2 amide bonds. The van der Waals surface area contributed by atoms with E-state index in [4.69, 9.17) is 0 Å². The van der Waals surface area contributed by atoms with Crippen molar-refractivity contribution in [1.29, 1.82) is 0 Å². The van der Waals surface area contributed by atoms with Crippen LogP contribution in [0.4, 0.5) is 10.5 Å². The van der Waals surface area contributed by atoms with E-state index in [-0.39, 0.29) is 6.03 Å². The number of rotatable bonds is 2. The molecule has 1 saturated carbocycles. The fourth-order valence-corrected chi connectivity index (χ4v) is 3.79. The molecule has 0 bridgehead atoms. The van der Waals surface area contributed by atoms with E-state index < -0.39 is 11.6 Å². The minimum atomic E-state index is -0.582. The Morgan fingerprint density at radius 2 is 1.78 bits per heavy atom. The van der Waals surface area contributed by atoms with Crippen LogP contribution < -0.4 is 5.32 Å². The summed E-state index contributed by atoms with van der Waals surface area (Å²) < 4.78 is 4.64. The number of ether oxygens (including phenoxy) is 1. The van der Waals surface area contributed by atoms with E-state index in [1.165, 1.54) is 7.11 Å². The Kier molecular flexibility index (Phi) is 4.02. The number of aliphatic hydroxyl groups is 1. The summed E-state index contributed by atoms with van der Waals surface area (Å²) in [5.41, 5.74) is 0.511. The van der Waals surface area contributed by atoms with Gasteiger partial charge in [0, 0.05) is 18.8 Å². The molecule has 23 heavy (non-hydrogen) atoms. The Labute approximate surface area is 135 Å². The van der Waals surface area contributed by atoms with Gasteiger partial charge in [-0.25, -0.2) is 9.59 Å². The Balaban J connectivity index is 1.57. The summed E-state index contributed by atoms with van der Waals surface area (Å²) in [4.78, 5) is 25.5. The van der Waals surface area contributed by atoms with Gasteiger partial charge in [-0.2, -0.15) is 0 Å².